The van der Waals surface area contributed by atoms with Crippen LogP contribution in [-0.2, 0) is 6.54 Å². The van der Waals surface area contributed by atoms with Gasteiger partial charge in [-0.1, -0.05) is 12.1 Å². The van der Waals surface area contributed by atoms with Gasteiger partial charge in [-0.2, -0.15) is 0 Å². The van der Waals surface area contributed by atoms with E-state index in [1.54, 1.807) is 11.3 Å². The highest BCUT2D eigenvalue weighted by Gasteiger charge is 2.17. The highest BCUT2D eigenvalue weighted by molar-refractivity contribution is 9.10. The molecule has 0 saturated carbocycles. The summed E-state index contributed by atoms with van der Waals surface area (Å²) in [5.74, 6) is 0.264. The van der Waals surface area contributed by atoms with Crippen LogP contribution < -0.4 is 5.73 Å². The molecule has 0 aliphatic heterocycles. The Balaban J connectivity index is 2.66. The topological polar surface area (TPSA) is 61.9 Å². The summed E-state index contributed by atoms with van der Waals surface area (Å²) in [7, 11) is 1.97. The molecule has 0 spiro atoms. The summed E-state index contributed by atoms with van der Waals surface area (Å²) in [5, 5.41) is 13.8. The van der Waals surface area contributed by atoms with Crippen molar-refractivity contribution in [1.29, 1.82) is 0 Å². The number of oxime groups is 1. The van der Waals surface area contributed by atoms with Crippen LogP contribution in [0.1, 0.15) is 18.2 Å². The summed E-state index contributed by atoms with van der Waals surface area (Å²) in [4.78, 5) is 3.33. The summed E-state index contributed by atoms with van der Waals surface area (Å²) < 4.78 is 1.10. The summed E-state index contributed by atoms with van der Waals surface area (Å²) in [6, 6.07) is 2.06. The van der Waals surface area contributed by atoms with Crippen molar-refractivity contribution in [3.8, 4) is 0 Å². The van der Waals surface area contributed by atoms with Gasteiger partial charge in [0.05, 0.1) is 6.04 Å². The number of hydrogen-bond acceptors (Lipinski definition) is 4. The molecule has 90 valence electrons. The molecule has 0 bridgehead atoms. The highest BCUT2D eigenvalue weighted by atomic mass is 79.9. The molecule has 1 aromatic rings. The highest BCUT2D eigenvalue weighted by Crippen LogP contribution is 2.21. The quantitative estimate of drug-likeness (QED) is 0.380. The zero-order valence-corrected chi connectivity index (χ0v) is 11.8. The molecule has 6 heteroatoms. The summed E-state index contributed by atoms with van der Waals surface area (Å²) >= 11 is 5.12. The second-order valence-electron chi connectivity index (χ2n) is 3.60. The number of thiophene rings is 1. The van der Waals surface area contributed by atoms with Gasteiger partial charge >= 0.3 is 0 Å². The van der Waals surface area contributed by atoms with Gasteiger partial charge in [0.2, 0.25) is 0 Å². The lowest BCUT2D eigenvalue weighted by Crippen LogP contribution is -2.41. The minimum absolute atomic E-state index is 0.0223. The number of nitrogens with zero attached hydrogens (tertiary/aromatic N) is 2. The van der Waals surface area contributed by atoms with Crippen molar-refractivity contribution in [1.82, 2.24) is 4.90 Å². The first-order chi connectivity index (χ1) is 7.58. The van der Waals surface area contributed by atoms with E-state index in [0.717, 1.165) is 17.4 Å². The molecule has 0 aromatic carbocycles. The SMILES string of the molecule is CCC(C(N)=NO)N(C)Cc1cc(Br)cs1. The van der Waals surface area contributed by atoms with Gasteiger partial charge in [0, 0.05) is 21.3 Å². The van der Waals surface area contributed by atoms with Crippen LogP contribution in [0.25, 0.3) is 0 Å². The molecule has 0 saturated heterocycles. The second-order valence-corrected chi connectivity index (χ2v) is 5.51. The van der Waals surface area contributed by atoms with Crippen molar-refractivity contribution in [3.63, 3.8) is 0 Å². The number of nitrogens with two attached hydrogens (primary N) is 1. The zero-order valence-electron chi connectivity index (χ0n) is 9.35. The Bertz CT molecular complexity index is 367. The molecule has 1 rings (SSSR count). The molecule has 0 amide bonds. The van der Waals surface area contributed by atoms with Gasteiger partial charge in [0.1, 0.15) is 0 Å². The Morgan fingerprint density at radius 1 is 1.75 bits per heavy atom. The van der Waals surface area contributed by atoms with Crippen LogP contribution >= 0.6 is 27.3 Å². The third-order valence-corrected chi connectivity index (χ3v) is 4.09. The van der Waals surface area contributed by atoms with Crippen molar-refractivity contribution in [2.24, 2.45) is 10.9 Å². The van der Waals surface area contributed by atoms with Crippen LogP contribution in [0.5, 0.6) is 0 Å². The molecule has 1 atom stereocenters. The van der Waals surface area contributed by atoms with Gasteiger partial charge in [0.15, 0.2) is 5.84 Å². The first kappa shape index (κ1) is 13.5. The molecular weight excluding hydrogens is 290 g/mol. The third-order valence-electron chi connectivity index (χ3n) is 2.40. The van der Waals surface area contributed by atoms with Gasteiger partial charge in [-0.15, -0.1) is 11.3 Å². The minimum Gasteiger partial charge on any atom is -0.409 e. The fraction of sp³-hybridized carbons (Fsp3) is 0.500. The van der Waals surface area contributed by atoms with Crippen LogP contribution in [-0.4, -0.2) is 29.0 Å². The van der Waals surface area contributed by atoms with Crippen molar-refractivity contribution >= 4 is 33.1 Å². The molecule has 4 nitrogen and oxygen atoms in total. The predicted molar refractivity (Wildman–Crippen MR) is 71.0 cm³/mol. The average molecular weight is 306 g/mol. The van der Waals surface area contributed by atoms with Gasteiger partial charge < -0.3 is 10.9 Å². The molecule has 0 aliphatic rings. The normalized spacial score (nSPS) is 14.4. The molecule has 0 fully saturated rings. The van der Waals surface area contributed by atoms with Crippen LogP contribution in [0.15, 0.2) is 21.1 Å². The smallest absolute Gasteiger partial charge is 0.156 e. The van der Waals surface area contributed by atoms with Crippen molar-refractivity contribution in [2.75, 3.05) is 7.05 Å². The Hall–Kier alpha value is -0.590. The molecule has 3 N–H and O–H groups in total. The lowest BCUT2D eigenvalue weighted by atomic mass is 10.2. The van der Waals surface area contributed by atoms with E-state index in [9.17, 15) is 0 Å². The largest absolute Gasteiger partial charge is 0.409 e. The van der Waals surface area contributed by atoms with E-state index >= 15 is 0 Å². The van der Waals surface area contributed by atoms with Crippen molar-refractivity contribution in [2.45, 2.75) is 25.9 Å². The van der Waals surface area contributed by atoms with E-state index < -0.39 is 0 Å². The molecule has 1 heterocycles. The summed E-state index contributed by atoms with van der Waals surface area (Å²) in [6.07, 6.45) is 0.818. The fourth-order valence-corrected chi connectivity index (χ4v) is 3.12. The number of halogens is 1. The number of rotatable bonds is 5. The van der Waals surface area contributed by atoms with E-state index in [4.69, 9.17) is 10.9 Å². The maximum atomic E-state index is 8.69. The van der Waals surface area contributed by atoms with Gasteiger partial charge in [0.25, 0.3) is 0 Å². The molecular formula is C10H16BrN3OS. The summed E-state index contributed by atoms with van der Waals surface area (Å²) in [5.41, 5.74) is 5.64. The second kappa shape index (κ2) is 6.22. The van der Waals surface area contributed by atoms with Crippen molar-refractivity contribution < 1.29 is 5.21 Å². The van der Waals surface area contributed by atoms with E-state index in [1.165, 1.54) is 4.88 Å². The van der Waals surface area contributed by atoms with Crippen LogP contribution in [0.3, 0.4) is 0 Å². The maximum absolute atomic E-state index is 8.69. The van der Waals surface area contributed by atoms with Gasteiger partial charge in [-0.3, -0.25) is 4.90 Å². The predicted octanol–water partition coefficient (Wildman–Crippen LogP) is 2.47. The molecule has 0 aliphatic carbocycles. The zero-order chi connectivity index (χ0) is 12.1. The van der Waals surface area contributed by atoms with Crippen LogP contribution in [0, 0.1) is 0 Å². The van der Waals surface area contributed by atoms with E-state index in [2.05, 4.69) is 32.1 Å². The lowest BCUT2D eigenvalue weighted by Gasteiger charge is -2.25. The first-order valence-electron chi connectivity index (χ1n) is 4.99. The first-order valence-corrected chi connectivity index (χ1v) is 6.66. The Morgan fingerprint density at radius 2 is 2.44 bits per heavy atom. The third kappa shape index (κ3) is 3.47. The van der Waals surface area contributed by atoms with Crippen molar-refractivity contribution in [3.05, 3.63) is 20.8 Å². The number of likely N-dealkylation sites (N-methyl/N-ethyl adjacent to an activating group) is 1. The van der Waals surface area contributed by atoms with Crippen LogP contribution in [0.4, 0.5) is 0 Å². The Morgan fingerprint density at radius 3 is 2.88 bits per heavy atom. The Labute approximate surface area is 108 Å². The van der Waals surface area contributed by atoms with E-state index in [0.29, 0.717) is 0 Å². The standard InChI is InChI=1S/C10H16BrN3OS/c1-3-9(10(12)13-15)14(2)5-8-4-7(11)6-16-8/h4,6,9,15H,3,5H2,1-2H3,(H2,12,13). The maximum Gasteiger partial charge on any atom is 0.156 e. The summed E-state index contributed by atoms with van der Waals surface area (Å²) in [6.45, 7) is 2.81. The fourth-order valence-electron chi connectivity index (χ4n) is 1.61. The molecule has 1 unspecified atom stereocenters. The monoisotopic (exact) mass is 305 g/mol. The van der Waals surface area contributed by atoms with Gasteiger partial charge in [-0.05, 0) is 35.5 Å². The average Bonchev–Trinajstić information content (AvgIpc) is 2.64. The molecule has 1 aromatic heterocycles. The number of amidine groups is 1. The Kier molecular flexibility index (Phi) is 5.24. The van der Waals surface area contributed by atoms with E-state index in [-0.39, 0.29) is 11.9 Å². The lowest BCUT2D eigenvalue weighted by molar-refractivity contribution is 0.266. The van der Waals surface area contributed by atoms with Gasteiger partial charge in [-0.25, -0.2) is 0 Å². The van der Waals surface area contributed by atoms with E-state index in [1.807, 2.05) is 19.4 Å². The van der Waals surface area contributed by atoms with Crippen LogP contribution in [0.2, 0.25) is 0 Å². The number of hydrogen-bond donors (Lipinski definition) is 2. The molecule has 0 radical (unpaired) electrons. The minimum atomic E-state index is -0.0223. The molecule has 16 heavy (non-hydrogen) atoms.